The zero-order valence-corrected chi connectivity index (χ0v) is 14.3. The van der Waals surface area contributed by atoms with Crippen molar-refractivity contribution in [3.63, 3.8) is 0 Å². The third kappa shape index (κ3) is 3.20. The minimum atomic E-state index is -0.591. The molecule has 6 nitrogen and oxygen atoms in total. The maximum absolute atomic E-state index is 12.8. The largest absolute Gasteiger partial charge is 0.462 e. The molecule has 0 unspecified atom stereocenters. The van der Waals surface area contributed by atoms with Crippen LogP contribution in [0.25, 0.3) is 22.1 Å². The molecule has 0 saturated heterocycles. The second kappa shape index (κ2) is 6.93. The van der Waals surface area contributed by atoms with E-state index in [0.717, 1.165) is 24.8 Å². The molecule has 3 aromatic rings. The Labute approximate surface area is 144 Å². The lowest BCUT2D eigenvalue weighted by Crippen LogP contribution is -2.12. The van der Waals surface area contributed by atoms with Gasteiger partial charge in [0, 0.05) is 6.07 Å². The maximum Gasteiger partial charge on any atom is 0.342 e. The Morgan fingerprint density at radius 3 is 2.76 bits per heavy atom. The fourth-order valence-corrected chi connectivity index (χ4v) is 2.75. The highest BCUT2D eigenvalue weighted by Gasteiger charge is 2.17. The van der Waals surface area contributed by atoms with Crippen molar-refractivity contribution < 1.29 is 13.9 Å². The predicted octanol–water partition coefficient (Wildman–Crippen LogP) is 3.44. The molecule has 6 heteroatoms. The summed E-state index contributed by atoms with van der Waals surface area (Å²) in [5.41, 5.74) is 7.55. The molecule has 3 rings (SSSR count). The molecule has 0 bridgehead atoms. The van der Waals surface area contributed by atoms with E-state index in [1.165, 1.54) is 6.07 Å². The molecule has 0 aliphatic carbocycles. The molecule has 0 aliphatic rings. The number of hydrogen-bond donors (Lipinski definition) is 1. The van der Waals surface area contributed by atoms with Crippen molar-refractivity contribution in [2.75, 3.05) is 12.3 Å². The minimum absolute atomic E-state index is 0.0419. The van der Waals surface area contributed by atoms with Gasteiger partial charge in [0.1, 0.15) is 17.0 Å². The van der Waals surface area contributed by atoms with Crippen molar-refractivity contribution in [1.29, 1.82) is 0 Å². The second-order valence-corrected chi connectivity index (χ2v) is 5.85. The quantitative estimate of drug-likeness (QED) is 0.564. The molecule has 130 valence electrons. The number of hydrogen-bond acceptors (Lipinski definition) is 6. The second-order valence-electron chi connectivity index (χ2n) is 5.85. The van der Waals surface area contributed by atoms with Crippen LogP contribution in [0.5, 0.6) is 0 Å². The number of fused-ring (bicyclic) bond motifs is 2. The van der Waals surface area contributed by atoms with Crippen molar-refractivity contribution in [3.05, 3.63) is 45.6 Å². The van der Waals surface area contributed by atoms with Crippen molar-refractivity contribution in [3.8, 4) is 0 Å². The van der Waals surface area contributed by atoms with Crippen molar-refractivity contribution in [2.24, 2.45) is 0 Å². The van der Waals surface area contributed by atoms with E-state index in [-0.39, 0.29) is 34.5 Å². The molecule has 0 radical (unpaired) electrons. The molecule has 2 heterocycles. The number of nitrogens with two attached hydrogens (primary N) is 1. The maximum atomic E-state index is 12.8. The number of carbonyl (C=O) groups excluding carboxylic acids is 1. The van der Waals surface area contributed by atoms with Crippen molar-refractivity contribution in [2.45, 2.75) is 33.1 Å². The summed E-state index contributed by atoms with van der Waals surface area (Å²) in [4.78, 5) is 28.8. The highest BCUT2D eigenvalue weighted by atomic mass is 16.5. The number of nitrogen functional groups attached to an aromatic ring is 1. The molecule has 0 amide bonds. The van der Waals surface area contributed by atoms with E-state index in [1.807, 2.05) is 12.1 Å². The van der Waals surface area contributed by atoms with Crippen LogP contribution in [0.4, 0.5) is 5.82 Å². The van der Waals surface area contributed by atoms with Gasteiger partial charge in [-0.25, -0.2) is 9.78 Å². The summed E-state index contributed by atoms with van der Waals surface area (Å²) in [6, 6.07) is 6.99. The van der Waals surface area contributed by atoms with E-state index in [4.69, 9.17) is 14.9 Å². The first-order valence-electron chi connectivity index (χ1n) is 8.38. The molecule has 2 N–H and O–H groups in total. The SMILES string of the molecule is CCCCc1ccc2oc3cc(C(=O)OCC)c(N)nc3c(=O)c2c1. The number of nitrogens with zero attached hydrogens (tertiary/aromatic N) is 1. The Morgan fingerprint density at radius 2 is 2.04 bits per heavy atom. The molecular weight excluding hydrogens is 320 g/mol. The van der Waals surface area contributed by atoms with Gasteiger partial charge in [0.25, 0.3) is 0 Å². The van der Waals surface area contributed by atoms with E-state index >= 15 is 0 Å². The van der Waals surface area contributed by atoms with Crippen LogP contribution in [0.15, 0.2) is 33.5 Å². The number of pyridine rings is 1. The number of rotatable bonds is 5. The summed E-state index contributed by atoms with van der Waals surface area (Å²) >= 11 is 0. The number of anilines is 1. The number of ether oxygens (including phenoxy) is 1. The molecule has 0 saturated carbocycles. The van der Waals surface area contributed by atoms with Gasteiger partial charge in [-0.3, -0.25) is 4.79 Å². The van der Waals surface area contributed by atoms with Gasteiger partial charge in [0.05, 0.1) is 12.0 Å². The standard InChI is InChI=1S/C19H20N2O4/c1-3-5-6-11-7-8-14-12(9-11)17(22)16-15(25-14)10-13(18(20)21-16)19(23)24-4-2/h7-10H,3-6H2,1-2H3,(H2,20,21). The average Bonchev–Trinajstić information content (AvgIpc) is 2.61. The first-order chi connectivity index (χ1) is 12.0. The highest BCUT2D eigenvalue weighted by molar-refractivity contribution is 5.98. The van der Waals surface area contributed by atoms with Crippen LogP contribution in [0, 0.1) is 0 Å². The van der Waals surface area contributed by atoms with E-state index in [9.17, 15) is 9.59 Å². The fourth-order valence-electron chi connectivity index (χ4n) is 2.75. The molecule has 0 aliphatic heterocycles. The van der Waals surface area contributed by atoms with Gasteiger partial charge in [0.2, 0.25) is 5.43 Å². The Hall–Kier alpha value is -2.89. The van der Waals surface area contributed by atoms with E-state index in [1.54, 1.807) is 13.0 Å². The van der Waals surface area contributed by atoms with Crippen molar-refractivity contribution in [1.82, 2.24) is 4.98 Å². The topological polar surface area (TPSA) is 95.4 Å². The Bertz CT molecular complexity index is 1010. The molecule has 2 aromatic heterocycles. The molecule has 25 heavy (non-hydrogen) atoms. The average molecular weight is 340 g/mol. The van der Waals surface area contributed by atoms with Gasteiger partial charge in [-0.1, -0.05) is 19.4 Å². The molecule has 1 aromatic carbocycles. The van der Waals surface area contributed by atoms with E-state index < -0.39 is 5.97 Å². The van der Waals surface area contributed by atoms with Crippen LogP contribution in [0.2, 0.25) is 0 Å². The monoisotopic (exact) mass is 340 g/mol. The molecule has 0 atom stereocenters. The summed E-state index contributed by atoms with van der Waals surface area (Å²) in [5.74, 6) is -0.633. The van der Waals surface area contributed by atoms with Crippen molar-refractivity contribution >= 4 is 33.9 Å². The zero-order chi connectivity index (χ0) is 18.0. The summed E-state index contributed by atoms with van der Waals surface area (Å²) < 4.78 is 10.7. The number of esters is 1. The molecular formula is C19H20N2O4. The number of aromatic nitrogens is 1. The van der Waals surface area contributed by atoms with Crippen LogP contribution < -0.4 is 11.2 Å². The molecule has 0 fully saturated rings. The highest BCUT2D eigenvalue weighted by Crippen LogP contribution is 2.23. The molecule has 0 spiro atoms. The lowest BCUT2D eigenvalue weighted by molar-refractivity contribution is 0.0527. The minimum Gasteiger partial charge on any atom is -0.462 e. The van der Waals surface area contributed by atoms with E-state index in [0.29, 0.717) is 11.0 Å². The first kappa shape index (κ1) is 17.0. The summed E-state index contributed by atoms with van der Waals surface area (Å²) in [7, 11) is 0. The Kier molecular flexibility index (Phi) is 4.70. The first-order valence-corrected chi connectivity index (χ1v) is 8.38. The number of aryl methyl sites for hydroxylation is 1. The lowest BCUT2D eigenvalue weighted by atomic mass is 10.1. The number of benzene rings is 1. The number of unbranched alkanes of at least 4 members (excludes halogenated alkanes) is 1. The Balaban J connectivity index is 2.18. The van der Waals surface area contributed by atoms with E-state index in [2.05, 4.69) is 11.9 Å². The van der Waals surface area contributed by atoms with Gasteiger partial charge in [0.15, 0.2) is 11.1 Å². The smallest absolute Gasteiger partial charge is 0.342 e. The fraction of sp³-hybridized carbons (Fsp3) is 0.316. The number of carbonyl (C=O) groups is 1. The Morgan fingerprint density at radius 1 is 1.24 bits per heavy atom. The zero-order valence-electron chi connectivity index (χ0n) is 14.3. The van der Waals surface area contributed by atoms with Crippen LogP contribution in [0.1, 0.15) is 42.6 Å². The van der Waals surface area contributed by atoms with Gasteiger partial charge < -0.3 is 14.9 Å². The normalized spacial score (nSPS) is 11.1. The van der Waals surface area contributed by atoms with Gasteiger partial charge >= 0.3 is 5.97 Å². The third-order valence-corrected chi connectivity index (χ3v) is 4.05. The third-order valence-electron chi connectivity index (χ3n) is 4.05. The van der Waals surface area contributed by atoms with Gasteiger partial charge in [-0.2, -0.15) is 0 Å². The summed E-state index contributed by atoms with van der Waals surface area (Å²) in [6.45, 7) is 4.04. The van der Waals surface area contributed by atoms with Crippen LogP contribution >= 0.6 is 0 Å². The van der Waals surface area contributed by atoms with Gasteiger partial charge in [-0.05, 0) is 37.5 Å². The summed E-state index contributed by atoms with van der Waals surface area (Å²) in [6.07, 6.45) is 3.04. The van der Waals surface area contributed by atoms with Gasteiger partial charge in [-0.15, -0.1) is 0 Å². The summed E-state index contributed by atoms with van der Waals surface area (Å²) in [5, 5.41) is 0.469. The van der Waals surface area contributed by atoms with Crippen LogP contribution in [0.3, 0.4) is 0 Å². The van der Waals surface area contributed by atoms with Crippen LogP contribution in [-0.2, 0) is 11.2 Å². The predicted molar refractivity (Wildman–Crippen MR) is 96.8 cm³/mol. The van der Waals surface area contributed by atoms with Crippen LogP contribution in [-0.4, -0.2) is 17.6 Å². The lowest BCUT2D eigenvalue weighted by Gasteiger charge is -2.07.